The molecule has 1 fully saturated rings. The Kier molecular flexibility index (Phi) is 7.87. The van der Waals surface area contributed by atoms with Crippen LogP contribution < -0.4 is 14.8 Å². The maximum atomic E-state index is 16.0. The van der Waals surface area contributed by atoms with E-state index in [4.69, 9.17) is 30.6 Å². The maximum absolute atomic E-state index is 16.0. The molecule has 0 radical (unpaired) electrons. The van der Waals surface area contributed by atoms with Gasteiger partial charge < -0.3 is 24.6 Å². The van der Waals surface area contributed by atoms with Crippen LogP contribution in [-0.4, -0.2) is 56.5 Å². The zero-order chi connectivity index (χ0) is 31.7. The molecule has 45 heavy (non-hydrogen) atoms. The van der Waals surface area contributed by atoms with Crippen molar-refractivity contribution >= 4 is 17.1 Å². The molecular formula is C34H31F2N5O4. The second kappa shape index (κ2) is 11.8. The number of nitrogens with one attached hydrogen (secondary N) is 1. The molecule has 0 bridgehead atoms. The highest BCUT2D eigenvalue weighted by Crippen LogP contribution is 2.48. The summed E-state index contributed by atoms with van der Waals surface area (Å²) >= 11 is 0. The number of aliphatic hydroxyl groups is 1. The van der Waals surface area contributed by atoms with E-state index < -0.39 is 36.3 Å². The van der Waals surface area contributed by atoms with E-state index in [-0.39, 0.29) is 29.6 Å². The topological polar surface area (TPSA) is 104 Å². The average molecular weight is 612 g/mol. The Hall–Kier alpha value is -5.05. The predicted octanol–water partition coefficient (Wildman–Crippen LogP) is 5.56. The van der Waals surface area contributed by atoms with E-state index >= 15 is 8.78 Å². The third kappa shape index (κ3) is 5.22. The summed E-state index contributed by atoms with van der Waals surface area (Å²) in [6, 6.07) is 27.2. The molecule has 0 saturated carbocycles. The molecule has 1 aliphatic heterocycles. The summed E-state index contributed by atoms with van der Waals surface area (Å²) in [5.74, 6) is 0.218. The molecule has 0 aliphatic carbocycles. The number of nitrogens with zero attached hydrogens (tertiary/aromatic N) is 4. The molecule has 9 nitrogen and oxygen atoms in total. The van der Waals surface area contributed by atoms with E-state index in [2.05, 4.69) is 10.3 Å². The predicted molar refractivity (Wildman–Crippen MR) is 164 cm³/mol. The van der Waals surface area contributed by atoms with E-state index in [0.717, 1.165) is 16.7 Å². The number of alkyl halides is 2. The van der Waals surface area contributed by atoms with E-state index in [9.17, 15) is 5.11 Å². The molecule has 3 heterocycles. The van der Waals surface area contributed by atoms with E-state index in [1.807, 2.05) is 90.8 Å². The number of rotatable bonds is 10. The van der Waals surface area contributed by atoms with Crippen molar-refractivity contribution in [2.75, 3.05) is 25.6 Å². The first-order valence-electron chi connectivity index (χ1n) is 14.3. The summed E-state index contributed by atoms with van der Waals surface area (Å²) in [5.41, 5.74) is -0.780. The summed E-state index contributed by atoms with van der Waals surface area (Å²) in [5, 5.41) is 13.2. The fourth-order valence-electron chi connectivity index (χ4n) is 5.76. The fourth-order valence-corrected chi connectivity index (χ4v) is 5.76. The van der Waals surface area contributed by atoms with Gasteiger partial charge in [0.1, 0.15) is 17.9 Å². The molecule has 230 valence electrons. The standard InChI is InChI=1S/C34H31F2N5O4/c1-4-32(35)20-33(36,21-42)45-30(32)41-22-37-27-28(41)38-31(39-29(27)44-5-2)40-34(23-12-8-6-9-13-23,24-14-10-7-11-15-24)25-16-18-26(43-3)19-17-25/h1,6-19,22,30,42H,5,20-21H2,2-3H3,(H,38,39,40)/t30-,32-,33+/m1/s1. The van der Waals surface area contributed by atoms with Gasteiger partial charge in [0, 0.05) is 0 Å². The lowest BCUT2D eigenvalue weighted by molar-refractivity contribution is -0.179. The second-order valence-corrected chi connectivity index (χ2v) is 10.6. The Labute approximate surface area is 258 Å². The largest absolute Gasteiger partial charge is 0.497 e. The van der Waals surface area contributed by atoms with Gasteiger partial charge in [0.25, 0.3) is 0 Å². The Bertz CT molecular complexity index is 1790. The summed E-state index contributed by atoms with van der Waals surface area (Å²) in [7, 11) is 1.60. The Balaban J connectivity index is 1.58. The molecule has 5 aromatic rings. The molecule has 6 rings (SSSR count). The lowest BCUT2D eigenvalue weighted by atomic mass is 9.77. The first-order valence-corrected chi connectivity index (χ1v) is 14.3. The van der Waals surface area contributed by atoms with Gasteiger partial charge >= 0.3 is 0 Å². The number of hydrogen-bond acceptors (Lipinski definition) is 8. The van der Waals surface area contributed by atoms with Crippen LogP contribution in [0.4, 0.5) is 14.7 Å². The van der Waals surface area contributed by atoms with Gasteiger partial charge in [0.05, 0.1) is 26.5 Å². The highest BCUT2D eigenvalue weighted by atomic mass is 19.2. The molecule has 0 unspecified atom stereocenters. The number of benzene rings is 3. The first-order chi connectivity index (χ1) is 21.8. The van der Waals surface area contributed by atoms with Crippen LogP contribution in [0.3, 0.4) is 0 Å². The van der Waals surface area contributed by atoms with E-state index in [1.54, 1.807) is 14.0 Å². The van der Waals surface area contributed by atoms with Crippen molar-refractivity contribution in [2.45, 2.75) is 36.6 Å². The van der Waals surface area contributed by atoms with Gasteiger partial charge in [0.15, 0.2) is 17.4 Å². The molecule has 3 aromatic carbocycles. The van der Waals surface area contributed by atoms with E-state index in [1.165, 1.54) is 10.9 Å². The number of ether oxygens (including phenoxy) is 3. The lowest BCUT2D eigenvalue weighted by Gasteiger charge is -2.37. The Morgan fingerprint density at radius 3 is 2.20 bits per heavy atom. The Morgan fingerprint density at radius 1 is 1.02 bits per heavy atom. The molecule has 1 saturated heterocycles. The van der Waals surface area contributed by atoms with Crippen LogP contribution in [0.15, 0.2) is 91.3 Å². The van der Waals surface area contributed by atoms with Gasteiger partial charge in [-0.05, 0) is 35.7 Å². The summed E-state index contributed by atoms with van der Waals surface area (Å²) in [4.78, 5) is 13.8. The molecule has 0 spiro atoms. The number of hydrogen-bond donors (Lipinski definition) is 2. The maximum Gasteiger partial charge on any atom is 0.247 e. The summed E-state index contributed by atoms with van der Waals surface area (Å²) < 4.78 is 49.0. The lowest BCUT2D eigenvalue weighted by Crippen LogP contribution is -2.39. The SMILES string of the molecule is C#C[C@@]1(F)C[C@@](F)(CO)O[C@H]1n1cnc2c(OCC)nc(NC(c3ccccc3)(c3ccccc3)c3ccc(OC)cc3)nc21. The minimum absolute atomic E-state index is 0.0881. The second-order valence-electron chi connectivity index (χ2n) is 10.6. The number of aliphatic hydroxyl groups excluding tert-OH is 1. The van der Waals surface area contributed by atoms with Crippen LogP contribution in [0, 0.1) is 12.3 Å². The first kappa shape index (κ1) is 30.0. The van der Waals surface area contributed by atoms with Gasteiger partial charge in [-0.3, -0.25) is 4.57 Å². The summed E-state index contributed by atoms with van der Waals surface area (Å²) in [6.07, 6.45) is 4.23. The van der Waals surface area contributed by atoms with Gasteiger partial charge in [-0.15, -0.1) is 6.42 Å². The molecule has 0 amide bonds. The fraction of sp³-hybridized carbons (Fsp3) is 0.265. The third-order valence-electron chi connectivity index (χ3n) is 7.87. The van der Waals surface area contributed by atoms with Crippen LogP contribution in [0.25, 0.3) is 11.2 Å². The number of methoxy groups -OCH3 is 1. The molecular weight excluding hydrogens is 580 g/mol. The minimum Gasteiger partial charge on any atom is -0.497 e. The van der Waals surface area contributed by atoms with Crippen molar-refractivity contribution in [2.24, 2.45) is 0 Å². The third-order valence-corrected chi connectivity index (χ3v) is 7.87. The Morgan fingerprint density at radius 2 is 1.64 bits per heavy atom. The summed E-state index contributed by atoms with van der Waals surface area (Å²) in [6.45, 7) is 0.959. The van der Waals surface area contributed by atoms with Gasteiger partial charge in [0.2, 0.25) is 23.4 Å². The number of terminal acetylenes is 1. The van der Waals surface area contributed by atoms with Crippen LogP contribution in [0.5, 0.6) is 11.6 Å². The monoisotopic (exact) mass is 611 g/mol. The zero-order valence-corrected chi connectivity index (χ0v) is 24.7. The molecule has 2 N–H and O–H groups in total. The molecule has 2 aromatic heterocycles. The number of aromatic nitrogens is 4. The van der Waals surface area contributed by atoms with Crippen LogP contribution >= 0.6 is 0 Å². The van der Waals surface area contributed by atoms with Gasteiger partial charge in [-0.1, -0.05) is 78.7 Å². The van der Waals surface area contributed by atoms with Crippen molar-refractivity contribution in [1.29, 1.82) is 0 Å². The highest BCUT2D eigenvalue weighted by molar-refractivity contribution is 5.78. The van der Waals surface area contributed by atoms with Gasteiger partial charge in [-0.2, -0.15) is 9.97 Å². The van der Waals surface area contributed by atoms with Crippen LogP contribution in [-0.2, 0) is 10.3 Å². The quantitative estimate of drug-likeness (QED) is 0.156. The molecule has 11 heteroatoms. The van der Waals surface area contributed by atoms with Crippen LogP contribution in [0.2, 0.25) is 0 Å². The van der Waals surface area contributed by atoms with Crippen molar-refractivity contribution in [3.63, 3.8) is 0 Å². The van der Waals surface area contributed by atoms with Crippen LogP contribution in [0.1, 0.15) is 36.3 Å². The number of fused-ring (bicyclic) bond motifs is 1. The van der Waals surface area contributed by atoms with Gasteiger partial charge in [-0.25, -0.2) is 13.8 Å². The van der Waals surface area contributed by atoms with Crippen molar-refractivity contribution < 1.29 is 28.1 Å². The minimum atomic E-state index is -2.69. The molecule has 3 atom stereocenters. The molecule has 1 aliphatic rings. The normalized spacial score (nSPS) is 21.4. The van der Waals surface area contributed by atoms with Crippen molar-refractivity contribution in [3.05, 3.63) is 108 Å². The van der Waals surface area contributed by atoms with Crippen molar-refractivity contribution in [1.82, 2.24) is 19.5 Å². The average Bonchev–Trinajstić information content (AvgIpc) is 3.63. The van der Waals surface area contributed by atoms with Crippen molar-refractivity contribution in [3.8, 4) is 24.0 Å². The number of imidazole rings is 1. The number of anilines is 1. The number of halogens is 2. The highest BCUT2D eigenvalue weighted by Gasteiger charge is 2.58. The zero-order valence-electron chi connectivity index (χ0n) is 24.7. The smallest absolute Gasteiger partial charge is 0.247 e. The van der Waals surface area contributed by atoms with E-state index in [0.29, 0.717) is 5.75 Å².